The van der Waals surface area contributed by atoms with E-state index >= 15 is 0 Å². The maximum atomic E-state index is 4.40. The molecule has 0 spiro atoms. The Labute approximate surface area is 136 Å². The van der Waals surface area contributed by atoms with Gasteiger partial charge in [-0.1, -0.05) is 18.2 Å². The van der Waals surface area contributed by atoms with Gasteiger partial charge in [-0.3, -0.25) is 0 Å². The van der Waals surface area contributed by atoms with Gasteiger partial charge in [0.2, 0.25) is 5.95 Å². The van der Waals surface area contributed by atoms with E-state index in [1.54, 1.807) is 0 Å². The van der Waals surface area contributed by atoms with Crippen LogP contribution in [0.2, 0.25) is 0 Å². The number of hydrogen-bond acceptors (Lipinski definition) is 3. The second kappa shape index (κ2) is 5.57. The first-order chi connectivity index (χ1) is 11.2. The van der Waals surface area contributed by atoms with E-state index in [4.69, 9.17) is 0 Å². The molecule has 118 valence electrons. The monoisotopic (exact) mass is 307 g/mol. The Morgan fingerprint density at radius 3 is 2.57 bits per heavy atom. The Hall–Kier alpha value is -2.56. The van der Waals surface area contributed by atoms with Gasteiger partial charge in [0.15, 0.2) is 0 Å². The van der Waals surface area contributed by atoms with E-state index in [-0.39, 0.29) is 0 Å². The van der Waals surface area contributed by atoms with Crippen molar-refractivity contribution in [1.29, 1.82) is 0 Å². The van der Waals surface area contributed by atoms with Crippen molar-refractivity contribution in [3.05, 3.63) is 60.2 Å². The zero-order chi connectivity index (χ0) is 15.8. The fraction of sp³-hybridized carbons (Fsp3) is 0.333. The average molecular weight is 307 g/mol. The van der Waals surface area contributed by atoms with E-state index in [0.29, 0.717) is 5.92 Å². The van der Waals surface area contributed by atoms with E-state index < -0.39 is 0 Å². The number of rotatable bonds is 5. The molecule has 4 rings (SSSR count). The van der Waals surface area contributed by atoms with Crippen molar-refractivity contribution in [2.75, 3.05) is 11.9 Å². The molecule has 0 N–H and O–H groups in total. The quantitative estimate of drug-likeness (QED) is 0.727. The normalized spacial score (nSPS) is 14.2. The molecular formula is C18H21N5. The van der Waals surface area contributed by atoms with Crippen molar-refractivity contribution >= 4 is 5.95 Å². The van der Waals surface area contributed by atoms with Crippen LogP contribution in [0.3, 0.4) is 0 Å². The summed E-state index contributed by atoms with van der Waals surface area (Å²) in [4.78, 5) is 2.17. The third kappa shape index (κ3) is 2.63. The molecule has 3 aromatic rings. The lowest BCUT2D eigenvalue weighted by Gasteiger charge is -2.20. The van der Waals surface area contributed by atoms with Crippen molar-refractivity contribution in [1.82, 2.24) is 19.3 Å². The molecule has 0 atom stereocenters. The molecule has 5 heteroatoms. The highest BCUT2D eigenvalue weighted by molar-refractivity contribution is 5.44. The molecule has 1 aliphatic rings. The van der Waals surface area contributed by atoms with Crippen LogP contribution in [0.5, 0.6) is 0 Å². The average Bonchev–Trinajstić information content (AvgIpc) is 3.10. The topological polar surface area (TPSA) is 38.9 Å². The molecule has 0 aliphatic heterocycles. The van der Waals surface area contributed by atoms with Crippen LogP contribution in [-0.2, 0) is 13.6 Å². The summed E-state index contributed by atoms with van der Waals surface area (Å²) in [6.45, 7) is 0.797. The van der Waals surface area contributed by atoms with Gasteiger partial charge >= 0.3 is 0 Å². The number of benzene rings is 1. The minimum absolute atomic E-state index is 0.613. The zero-order valence-electron chi connectivity index (χ0n) is 13.6. The Bertz CT molecular complexity index is 799. The molecule has 0 bridgehead atoms. The van der Waals surface area contributed by atoms with E-state index in [0.717, 1.165) is 18.3 Å². The first-order valence-electron chi connectivity index (χ1n) is 8.05. The fourth-order valence-corrected chi connectivity index (χ4v) is 3.08. The Morgan fingerprint density at radius 2 is 1.83 bits per heavy atom. The summed E-state index contributed by atoms with van der Waals surface area (Å²) in [6, 6.07) is 12.6. The summed E-state index contributed by atoms with van der Waals surface area (Å²) in [5, 5.41) is 8.78. The predicted octanol–water partition coefficient (Wildman–Crippen LogP) is 3.12. The van der Waals surface area contributed by atoms with Crippen molar-refractivity contribution < 1.29 is 0 Å². The summed E-state index contributed by atoms with van der Waals surface area (Å²) >= 11 is 0. The number of anilines is 1. The van der Waals surface area contributed by atoms with Crippen LogP contribution in [0, 0.1) is 0 Å². The first kappa shape index (κ1) is 14.1. The van der Waals surface area contributed by atoms with Gasteiger partial charge in [-0.05, 0) is 36.6 Å². The molecule has 0 saturated heterocycles. The van der Waals surface area contributed by atoms with Crippen molar-refractivity contribution in [3.63, 3.8) is 0 Å². The molecule has 2 aromatic heterocycles. The molecule has 0 radical (unpaired) electrons. The lowest BCUT2D eigenvalue weighted by molar-refractivity contribution is 0.763. The molecule has 5 nitrogen and oxygen atoms in total. The first-order valence-corrected chi connectivity index (χ1v) is 8.05. The Kier molecular flexibility index (Phi) is 3.41. The van der Waals surface area contributed by atoms with Crippen molar-refractivity contribution in [2.45, 2.75) is 25.3 Å². The Morgan fingerprint density at radius 1 is 1.09 bits per heavy atom. The molecule has 2 heterocycles. The van der Waals surface area contributed by atoms with Gasteiger partial charge in [-0.25, -0.2) is 0 Å². The van der Waals surface area contributed by atoms with Gasteiger partial charge in [0.25, 0.3) is 0 Å². The van der Waals surface area contributed by atoms with Crippen LogP contribution in [0.4, 0.5) is 5.95 Å². The lowest BCUT2D eigenvalue weighted by Crippen LogP contribution is -2.21. The third-order valence-electron chi connectivity index (χ3n) is 4.45. The lowest BCUT2D eigenvalue weighted by atomic mass is 10.1. The summed E-state index contributed by atoms with van der Waals surface area (Å²) in [6.07, 6.45) is 6.64. The maximum absolute atomic E-state index is 4.40. The minimum atomic E-state index is 0.613. The molecular weight excluding hydrogens is 286 g/mol. The van der Waals surface area contributed by atoms with Gasteiger partial charge < -0.3 is 14.0 Å². The summed E-state index contributed by atoms with van der Waals surface area (Å²) in [5.41, 5.74) is 2.47. The second-order valence-corrected chi connectivity index (χ2v) is 6.27. The predicted molar refractivity (Wildman–Crippen MR) is 90.9 cm³/mol. The van der Waals surface area contributed by atoms with Crippen LogP contribution in [0.25, 0.3) is 5.69 Å². The summed E-state index contributed by atoms with van der Waals surface area (Å²) in [5.74, 6) is 2.65. The van der Waals surface area contributed by atoms with Crippen LogP contribution < -0.4 is 4.90 Å². The third-order valence-corrected chi connectivity index (χ3v) is 4.45. The SMILES string of the molecule is CN(Cc1ccccc1-n1cccc1)c1nnc(C2CC2)n1C. The summed E-state index contributed by atoms with van der Waals surface area (Å²) < 4.78 is 4.28. The van der Waals surface area contributed by atoms with Crippen LogP contribution in [-0.4, -0.2) is 26.4 Å². The van der Waals surface area contributed by atoms with Gasteiger partial charge in [0.05, 0.1) is 0 Å². The molecule has 0 unspecified atom stereocenters. The Balaban J connectivity index is 1.61. The van der Waals surface area contributed by atoms with Crippen LogP contribution in [0.1, 0.15) is 30.1 Å². The molecule has 1 aromatic carbocycles. The van der Waals surface area contributed by atoms with E-state index in [9.17, 15) is 0 Å². The van der Waals surface area contributed by atoms with E-state index in [1.807, 2.05) is 12.1 Å². The molecule has 1 saturated carbocycles. The zero-order valence-corrected chi connectivity index (χ0v) is 13.6. The molecule has 1 fully saturated rings. The van der Waals surface area contributed by atoms with E-state index in [1.165, 1.54) is 24.1 Å². The highest BCUT2D eigenvalue weighted by Crippen LogP contribution is 2.39. The van der Waals surface area contributed by atoms with Gasteiger partial charge in [0, 0.05) is 44.6 Å². The van der Waals surface area contributed by atoms with Crippen LogP contribution in [0.15, 0.2) is 48.8 Å². The highest BCUT2D eigenvalue weighted by atomic mass is 15.4. The maximum Gasteiger partial charge on any atom is 0.227 e. The van der Waals surface area contributed by atoms with Crippen LogP contribution >= 0.6 is 0 Å². The summed E-state index contributed by atoms with van der Waals surface area (Å²) in [7, 11) is 4.14. The fourth-order valence-electron chi connectivity index (χ4n) is 3.08. The van der Waals surface area contributed by atoms with Crippen molar-refractivity contribution in [2.24, 2.45) is 7.05 Å². The molecule has 23 heavy (non-hydrogen) atoms. The highest BCUT2D eigenvalue weighted by Gasteiger charge is 2.29. The second-order valence-electron chi connectivity index (χ2n) is 6.27. The number of hydrogen-bond donors (Lipinski definition) is 0. The van der Waals surface area contributed by atoms with Crippen molar-refractivity contribution in [3.8, 4) is 5.69 Å². The number of para-hydroxylation sites is 1. The van der Waals surface area contributed by atoms with Gasteiger partial charge in [0.1, 0.15) is 5.82 Å². The molecule has 1 aliphatic carbocycles. The smallest absolute Gasteiger partial charge is 0.227 e. The largest absolute Gasteiger partial charge is 0.340 e. The van der Waals surface area contributed by atoms with E-state index in [2.05, 4.69) is 75.0 Å². The number of nitrogens with zero attached hydrogens (tertiary/aromatic N) is 5. The standard InChI is InChI=1S/C18H21N5/c1-21(18-20-19-17(22(18)2)14-9-10-14)13-15-7-3-4-8-16(15)23-11-5-6-12-23/h3-8,11-12,14H,9-10,13H2,1-2H3. The molecule has 0 amide bonds. The van der Waals surface area contributed by atoms with Gasteiger partial charge in [-0.15, -0.1) is 10.2 Å². The minimum Gasteiger partial charge on any atom is -0.340 e. The van der Waals surface area contributed by atoms with Gasteiger partial charge in [-0.2, -0.15) is 0 Å². The number of aromatic nitrogens is 4.